The summed E-state index contributed by atoms with van der Waals surface area (Å²) in [5, 5.41) is 0. The van der Waals surface area contributed by atoms with Gasteiger partial charge >= 0.3 is 17.9 Å². The molecule has 6 nitrogen and oxygen atoms in total. The predicted octanol–water partition coefficient (Wildman–Crippen LogP) is 16.2. The van der Waals surface area contributed by atoms with E-state index in [9.17, 15) is 14.4 Å². The Bertz CT molecular complexity index is 1250. The number of hydrogen-bond donors (Lipinski definition) is 0. The number of esters is 3. The Balaban J connectivity index is 4.50. The zero-order valence-corrected chi connectivity index (χ0v) is 39.4. The Morgan fingerprint density at radius 1 is 0.361 bits per heavy atom. The minimum Gasteiger partial charge on any atom is -0.462 e. The molecule has 0 saturated heterocycles. The first kappa shape index (κ1) is 57.3. The van der Waals surface area contributed by atoms with Crippen molar-refractivity contribution in [2.45, 2.75) is 219 Å². The average Bonchev–Trinajstić information content (AvgIpc) is 3.26. The molecule has 0 aliphatic rings. The van der Waals surface area contributed by atoms with E-state index in [1.807, 2.05) is 0 Å². The molecule has 0 radical (unpaired) electrons. The second-order valence-corrected chi connectivity index (χ2v) is 16.0. The van der Waals surface area contributed by atoms with Crippen LogP contribution in [0, 0.1) is 0 Å². The molecule has 1 unspecified atom stereocenters. The molecule has 0 aliphatic heterocycles. The van der Waals surface area contributed by atoms with E-state index < -0.39 is 6.10 Å². The topological polar surface area (TPSA) is 78.9 Å². The van der Waals surface area contributed by atoms with Gasteiger partial charge in [0.25, 0.3) is 0 Å². The molecule has 6 heteroatoms. The summed E-state index contributed by atoms with van der Waals surface area (Å²) in [7, 11) is 0. The van der Waals surface area contributed by atoms with E-state index in [2.05, 4.69) is 118 Å². The van der Waals surface area contributed by atoms with Crippen molar-refractivity contribution in [2.75, 3.05) is 13.2 Å². The van der Waals surface area contributed by atoms with E-state index in [0.717, 1.165) is 109 Å². The lowest BCUT2D eigenvalue weighted by Gasteiger charge is -2.18. The number of allylic oxidation sites excluding steroid dienone is 16. The van der Waals surface area contributed by atoms with Gasteiger partial charge in [0, 0.05) is 19.3 Å². The Hall–Kier alpha value is -3.67. The van der Waals surface area contributed by atoms with Crippen LogP contribution in [0.4, 0.5) is 0 Å². The molecule has 0 bridgehead atoms. The van der Waals surface area contributed by atoms with Crippen LogP contribution in [0.2, 0.25) is 0 Å². The summed E-state index contributed by atoms with van der Waals surface area (Å²) in [4.78, 5) is 37.9. The third kappa shape index (κ3) is 47.2. The standard InChI is InChI=1S/C55H90O6/c1-4-7-10-13-16-19-22-24-26-28-30-33-36-39-42-45-48-54(57)60-51-52(50-59-53(56)47-44-41-38-35-32-21-18-15-12-9-6-3)61-55(58)49-46-43-40-37-34-31-29-27-25-23-20-17-14-11-8-5-2/h7,9-10,12,16,18-19,21,24,26-27,29,31,34-35,38,52H,4-6,8,11,13-15,17,20,22-23,25,28,30,32-33,36-37,39-51H2,1-3H3/b10-7-,12-9-,19-16-,21-18-,26-24-,29-27-,34-31-,38-35-. The van der Waals surface area contributed by atoms with Gasteiger partial charge in [0.1, 0.15) is 13.2 Å². The quantitative estimate of drug-likeness (QED) is 0.0200. The molecule has 0 aliphatic carbocycles. The number of hydrogen-bond acceptors (Lipinski definition) is 6. The summed E-state index contributed by atoms with van der Waals surface area (Å²) >= 11 is 0. The molecule has 0 aromatic carbocycles. The highest BCUT2D eigenvalue weighted by Crippen LogP contribution is 2.12. The molecular formula is C55H90O6. The van der Waals surface area contributed by atoms with Crippen LogP contribution in [0.1, 0.15) is 213 Å². The van der Waals surface area contributed by atoms with Crippen molar-refractivity contribution in [1.29, 1.82) is 0 Å². The molecule has 61 heavy (non-hydrogen) atoms. The number of unbranched alkanes of at least 4 members (excludes halogenated alkanes) is 17. The first-order chi connectivity index (χ1) is 30.0. The fraction of sp³-hybridized carbons (Fsp3) is 0.655. The normalized spacial score (nSPS) is 12.9. The van der Waals surface area contributed by atoms with Crippen molar-refractivity contribution in [3.05, 3.63) is 97.2 Å². The van der Waals surface area contributed by atoms with Crippen molar-refractivity contribution in [3.8, 4) is 0 Å². The van der Waals surface area contributed by atoms with Crippen LogP contribution in [0.15, 0.2) is 97.2 Å². The van der Waals surface area contributed by atoms with Crippen molar-refractivity contribution in [2.24, 2.45) is 0 Å². The third-order valence-electron chi connectivity index (χ3n) is 10.1. The van der Waals surface area contributed by atoms with Crippen LogP contribution in [0.5, 0.6) is 0 Å². The Morgan fingerprint density at radius 2 is 0.705 bits per heavy atom. The molecule has 0 spiro atoms. The summed E-state index contributed by atoms with van der Waals surface area (Å²) in [5.74, 6) is -1.01. The average molecular weight is 847 g/mol. The van der Waals surface area contributed by atoms with Gasteiger partial charge in [-0.05, 0) is 103 Å². The zero-order valence-electron chi connectivity index (χ0n) is 39.4. The number of rotatable bonds is 43. The van der Waals surface area contributed by atoms with E-state index >= 15 is 0 Å². The van der Waals surface area contributed by atoms with E-state index in [0.29, 0.717) is 12.8 Å². The summed E-state index contributed by atoms with van der Waals surface area (Å²) in [6.07, 6.45) is 64.0. The summed E-state index contributed by atoms with van der Waals surface area (Å²) in [6.45, 7) is 6.30. The fourth-order valence-corrected chi connectivity index (χ4v) is 6.41. The van der Waals surface area contributed by atoms with E-state index in [4.69, 9.17) is 14.2 Å². The molecule has 0 fully saturated rings. The Morgan fingerprint density at radius 3 is 1.18 bits per heavy atom. The molecule has 0 amide bonds. The molecule has 346 valence electrons. The number of ether oxygens (including phenoxy) is 3. The van der Waals surface area contributed by atoms with Crippen molar-refractivity contribution >= 4 is 17.9 Å². The highest BCUT2D eigenvalue weighted by molar-refractivity contribution is 5.71. The SMILES string of the molecule is CC/C=C\C/C=C\C/C=C\CCCCCCCCC(=O)OCC(COC(=O)CCC/C=C\C/C=C\C/C=C\CC)OC(=O)CCCCC/C=C\C=C/CCCCCCCCC. The van der Waals surface area contributed by atoms with Gasteiger partial charge in [0.05, 0.1) is 0 Å². The minimum atomic E-state index is -0.817. The van der Waals surface area contributed by atoms with Crippen molar-refractivity contribution < 1.29 is 28.6 Å². The molecule has 0 aromatic heterocycles. The summed E-state index contributed by atoms with van der Waals surface area (Å²) in [6, 6.07) is 0. The van der Waals surface area contributed by atoms with Crippen molar-refractivity contribution in [3.63, 3.8) is 0 Å². The Kier molecular flexibility index (Phi) is 46.0. The van der Waals surface area contributed by atoms with E-state index in [-0.39, 0.29) is 44.0 Å². The third-order valence-corrected chi connectivity index (χ3v) is 10.1. The zero-order chi connectivity index (χ0) is 44.4. The van der Waals surface area contributed by atoms with E-state index in [1.54, 1.807) is 0 Å². The van der Waals surface area contributed by atoms with Gasteiger partial charge in [-0.25, -0.2) is 0 Å². The van der Waals surface area contributed by atoms with Crippen molar-refractivity contribution in [1.82, 2.24) is 0 Å². The van der Waals surface area contributed by atoms with Crippen LogP contribution in [-0.2, 0) is 28.6 Å². The smallest absolute Gasteiger partial charge is 0.306 e. The van der Waals surface area contributed by atoms with Gasteiger partial charge in [-0.2, -0.15) is 0 Å². The molecule has 1 atom stereocenters. The Labute approximate surface area is 375 Å². The maximum absolute atomic E-state index is 12.8. The maximum atomic E-state index is 12.8. The fourth-order valence-electron chi connectivity index (χ4n) is 6.41. The lowest BCUT2D eigenvalue weighted by Crippen LogP contribution is -2.30. The maximum Gasteiger partial charge on any atom is 0.306 e. The summed E-state index contributed by atoms with van der Waals surface area (Å²) in [5.41, 5.74) is 0. The first-order valence-corrected chi connectivity index (χ1v) is 24.8. The van der Waals surface area contributed by atoms with Gasteiger partial charge in [-0.15, -0.1) is 0 Å². The van der Waals surface area contributed by atoms with Crippen LogP contribution in [0.25, 0.3) is 0 Å². The number of carbonyl (C=O) groups excluding carboxylic acids is 3. The number of carbonyl (C=O) groups is 3. The lowest BCUT2D eigenvalue weighted by atomic mass is 10.1. The first-order valence-electron chi connectivity index (χ1n) is 24.8. The highest BCUT2D eigenvalue weighted by atomic mass is 16.6. The largest absolute Gasteiger partial charge is 0.462 e. The molecule has 0 aromatic rings. The van der Waals surface area contributed by atoms with Gasteiger partial charge in [-0.3, -0.25) is 14.4 Å². The molecule has 0 heterocycles. The van der Waals surface area contributed by atoms with Gasteiger partial charge in [0.15, 0.2) is 6.10 Å². The monoisotopic (exact) mass is 847 g/mol. The predicted molar refractivity (Wildman–Crippen MR) is 260 cm³/mol. The summed E-state index contributed by atoms with van der Waals surface area (Å²) < 4.78 is 16.7. The van der Waals surface area contributed by atoms with Gasteiger partial charge < -0.3 is 14.2 Å². The molecule has 0 N–H and O–H groups in total. The molecular weight excluding hydrogens is 757 g/mol. The second kappa shape index (κ2) is 49.0. The lowest BCUT2D eigenvalue weighted by molar-refractivity contribution is -0.167. The van der Waals surface area contributed by atoms with Crippen LogP contribution < -0.4 is 0 Å². The van der Waals surface area contributed by atoms with Crippen LogP contribution in [-0.4, -0.2) is 37.2 Å². The van der Waals surface area contributed by atoms with Crippen LogP contribution in [0.3, 0.4) is 0 Å². The van der Waals surface area contributed by atoms with Gasteiger partial charge in [-0.1, -0.05) is 189 Å². The molecule has 0 saturated carbocycles. The second-order valence-electron chi connectivity index (χ2n) is 16.0. The van der Waals surface area contributed by atoms with E-state index in [1.165, 1.54) is 57.8 Å². The van der Waals surface area contributed by atoms with Crippen LogP contribution >= 0.6 is 0 Å². The highest BCUT2D eigenvalue weighted by Gasteiger charge is 2.19. The molecule has 0 rings (SSSR count). The van der Waals surface area contributed by atoms with Gasteiger partial charge in [0.2, 0.25) is 0 Å². The minimum absolute atomic E-state index is 0.112.